The zero-order valence-electron chi connectivity index (χ0n) is 7.86. The quantitative estimate of drug-likeness (QED) is 0.656. The number of hydrogen-bond acceptors (Lipinski definition) is 2. The van der Waals surface area contributed by atoms with Gasteiger partial charge in [-0.25, -0.2) is 0 Å². The van der Waals surface area contributed by atoms with Crippen LogP contribution in [0.15, 0.2) is 24.3 Å². The molecule has 1 fully saturated rings. The van der Waals surface area contributed by atoms with E-state index in [0.29, 0.717) is 6.42 Å². The Morgan fingerprint density at radius 1 is 1.36 bits per heavy atom. The number of amides is 1. The van der Waals surface area contributed by atoms with Crippen LogP contribution in [-0.4, -0.2) is 18.6 Å². The fraction of sp³-hybridized carbons (Fsp3) is 0.364. The third kappa shape index (κ3) is 1.02. The van der Waals surface area contributed by atoms with Crippen LogP contribution in [0.25, 0.3) is 0 Å². The largest absolute Gasteiger partial charge is 0.350 e. The number of nitrogens with zero attached hydrogens (tertiary/aromatic N) is 1. The van der Waals surface area contributed by atoms with E-state index in [0.717, 1.165) is 13.0 Å². The zero-order valence-corrected chi connectivity index (χ0v) is 7.86. The van der Waals surface area contributed by atoms with Crippen LogP contribution in [-0.2, 0) is 11.2 Å². The van der Waals surface area contributed by atoms with Crippen molar-refractivity contribution in [3.05, 3.63) is 29.8 Å². The van der Waals surface area contributed by atoms with Gasteiger partial charge in [0, 0.05) is 25.1 Å². The molecule has 72 valence electrons. The summed E-state index contributed by atoms with van der Waals surface area (Å²) in [6.07, 6.45) is 1.76. The highest BCUT2D eigenvalue weighted by Gasteiger charge is 2.32. The molecule has 3 heteroatoms. The molecule has 0 saturated carbocycles. The molecule has 0 aliphatic carbocycles. The summed E-state index contributed by atoms with van der Waals surface area (Å²) in [4.78, 5) is 13.5. The predicted octanol–water partition coefficient (Wildman–Crippen LogP) is 0.895. The van der Waals surface area contributed by atoms with Gasteiger partial charge in [-0.1, -0.05) is 18.2 Å². The molecule has 1 saturated heterocycles. The molecule has 1 aromatic carbocycles. The van der Waals surface area contributed by atoms with Crippen LogP contribution in [0.1, 0.15) is 12.0 Å². The molecule has 1 aromatic rings. The van der Waals surface area contributed by atoms with Crippen LogP contribution in [0.3, 0.4) is 0 Å². The minimum atomic E-state index is 0.180. The summed E-state index contributed by atoms with van der Waals surface area (Å²) in [5.74, 6) is 0.180. The van der Waals surface area contributed by atoms with Gasteiger partial charge in [0.05, 0.1) is 0 Å². The Morgan fingerprint density at radius 2 is 2.21 bits per heavy atom. The first-order valence-corrected chi connectivity index (χ1v) is 4.98. The molecule has 14 heavy (non-hydrogen) atoms. The van der Waals surface area contributed by atoms with Crippen LogP contribution in [0.5, 0.6) is 0 Å². The highest BCUT2D eigenvalue weighted by atomic mass is 16.2. The van der Waals surface area contributed by atoms with Gasteiger partial charge in [-0.3, -0.25) is 4.79 Å². The van der Waals surface area contributed by atoms with Crippen LogP contribution in [0.4, 0.5) is 5.69 Å². The number of anilines is 1. The molecule has 0 radical (unpaired) electrons. The fourth-order valence-electron chi connectivity index (χ4n) is 2.34. The van der Waals surface area contributed by atoms with Crippen molar-refractivity contribution in [2.45, 2.75) is 19.0 Å². The summed E-state index contributed by atoms with van der Waals surface area (Å²) < 4.78 is 0. The Balaban J connectivity index is 1.98. The molecular formula is C11H12N2O. The summed E-state index contributed by atoms with van der Waals surface area (Å²) in [6.45, 7) is 0.855. The fourth-order valence-corrected chi connectivity index (χ4v) is 2.34. The maximum absolute atomic E-state index is 11.2. The normalized spacial score (nSPS) is 24.1. The Kier molecular flexibility index (Phi) is 1.54. The molecule has 0 bridgehead atoms. The average molecular weight is 188 g/mol. The van der Waals surface area contributed by atoms with Crippen molar-refractivity contribution in [3.8, 4) is 0 Å². The van der Waals surface area contributed by atoms with Gasteiger partial charge in [0.1, 0.15) is 6.17 Å². The highest BCUT2D eigenvalue weighted by molar-refractivity contribution is 5.80. The standard InChI is InChI=1S/C11H12N2O/c14-11-5-6-13-9-4-2-1-3-8(9)7-10(13)12-11/h1-4,10H,5-7H2,(H,12,14). The predicted molar refractivity (Wildman–Crippen MR) is 54.0 cm³/mol. The van der Waals surface area contributed by atoms with Crippen molar-refractivity contribution in [1.29, 1.82) is 0 Å². The lowest BCUT2D eigenvalue weighted by atomic mass is 10.1. The van der Waals surface area contributed by atoms with Gasteiger partial charge in [0.15, 0.2) is 0 Å². The molecule has 0 spiro atoms. The van der Waals surface area contributed by atoms with Crippen molar-refractivity contribution in [3.63, 3.8) is 0 Å². The lowest BCUT2D eigenvalue weighted by molar-refractivity contribution is -0.122. The van der Waals surface area contributed by atoms with E-state index in [-0.39, 0.29) is 12.1 Å². The van der Waals surface area contributed by atoms with Gasteiger partial charge in [-0.05, 0) is 11.6 Å². The van der Waals surface area contributed by atoms with E-state index in [1.807, 2.05) is 0 Å². The second-order valence-corrected chi connectivity index (χ2v) is 3.86. The first-order valence-electron chi connectivity index (χ1n) is 4.98. The molecule has 2 heterocycles. The SMILES string of the molecule is O=C1CCN2c3ccccc3CC2N1. The van der Waals surface area contributed by atoms with Crippen LogP contribution in [0, 0.1) is 0 Å². The first-order chi connectivity index (χ1) is 6.84. The maximum Gasteiger partial charge on any atom is 0.223 e. The van der Waals surface area contributed by atoms with E-state index >= 15 is 0 Å². The minimum absolute atomic E-state index is 0.180. The molecule has 1 unspecified atom stereocenters. The van der Waals surface area contributed by atoms with Gasteiger partial charge in [0.25, 0.3) is 0 Å². The average Bonchev–Trinajstić information content (AvgIpc) is 2.54. The second kappa shape index (κ2) is 2.74. The van der Waals surface area contributed by atoms with Crippen LogP contribution < -0.4 is 10.2 Å². The van der Waals surface area contributed by atoms with Crippen LogP contribution >= 0.6 is 0 Å². The van der Waals surface area contributed by atoms with Gasteiger partial charge in [-0.15, -0.1) is 0 Å². The molecule has 1 amide bonds. The Labute approximate surface area is 82.7 Å². The van der Waals surface area contributed by atoms with Crippen LogP contribution in [0.2, 0.25) is 0 Å². The molecular weight excluding hydrogens is 176 g/mol. The van der Waals surface area contributed by atoms with E-state index < -0.39 is 0 Å². The molecule has 3 rings (SSSR count). The molecule has 1 atom stereocenters. The summed E-state index contributed by atoms with van der Waals surface area (Å²) in [6, 6.07) is 8.38. The minimum Gasteiger partial charge on any atom is -0.350 e. The smallest absolute Gasteiger partial charge is 0.223 e. The molecule has 2 aliphatic rings. The van der Waals surface area contributed by atoms with Crippen molar-refractivity contribution >= 4 is 11.6 Å². The lowest BCUT2D eigenvalue weighted by Gasteiger charge is -2.32. The van der Waals surface area contributed by atoms with E-state index in [1.165, 1.54) is 11.3 Å². The number of para-hydroxylation sites is 1. The molecule has 1 N–H and O–H groups in total. The van der Waals surface area contributed by atoms with E-state index in [4.69, 9.17) is 0 Å². The number of carbonyl (C=O) groups excluding carboxylic acids is 1. The zero-order chi connectivity index (χ0) is 9.54. The Morgan fingerprint density at radius 3 is 3.14 bits per heavy atom. The topological polar surface area (TPSA) is 32.3 Å². The summed E-state index contributed by atoms with van der Waals surface area (Å²) >= 11 is 0. The third-order valence-electron chi connectivity index (χ3n) is 3.00. The van der Waals surface area contributed by atoms with Gasteiger partial charge in [-0.2, -0.15) is 0 Å². The summed E-state index contributed by atoms with van der Waals surface area (Å²) in [7, 11) is 0. The van der Waals surface area contributed by atoms with Crippen molar-refractivity contribution < 1.29 is 4.79 Å². The molecule has 3 nitrogen and oxygen atoms in total. The number of hydrogen-bond donors (Lipinski definition) is 1. The number of carbonyl (C=O) groups is 1. The number of rotatable bonds is 0. The van der Waals surface area contributed by atoms with Gasteiger partial charge in [0.2, 0.25) is 5.91 Å². The number of benzene rings is 1. The molecule has 2 aliphatic heterocycles. The first kappa shape index (κ1) is 7.85. The molecule has 0 aromatic heterocycles. The van der Waals surface area contributed by atoms with Crippen molar-refractivity contribution in [2.75, 3.05) is 11.4 Å². The lowest BCUT2D eigenvalue weighted by Crippen LogP contribution is -2.52. The van der Waals surface area contributed by atoms with E-state index in [1.54, 1.807) is 0 Å². The van der Waals surface area contributed by atoms with Gasteiger partial charge < -0.3 is 10.2 Å². The van der Waals surface area contributed by atoms with E-state index in [2.05, 4.69) is 34.5 Å². The number of nitrogens with one attached hydrogen (secondary N) is 1. The third-order valence-corrected chi connectivity index (χ3v) is 3.00. The second-order valence-electron chi connectivity index (χ2n) is 3.86. The Hall–Kier alpha value is -1.51. The highest BCUT2D eigenvalue weighted by Crippen LogP contribution is 2.32. The van der Waals surface area contributed by atoms with Crippen molar-refractivity contribution in [2.24, 2.45) is 0 Å². The maximum atomic E-state index is 11.2. The summed E-state index contributed by atoms with van der Waals surface area (Å²) in [5.41, 5.74) is 2.64. The summed E-state index contributed by atoms with van der Waals surface area (Å²) in [5, 5.41) is 3.01. The van der Waals surface area contributed by atoms with Gasteiger partial charge >= 0.3 is 0 Å². The monoisotopic (exact) mass is 188 g/mol. The number of fused-ring (bicyclic) bond motifs is 3. The van der Waals surface area contributed by atoms with E-state index in [9.17, 15) is 4.79 Å². The Bertz CT molecular complexity index is 389. The van der Waals surface area contributed by atoms with Crippen molar-refractivity contribution in [1.82, 2.24) is 5.32 Å².